The second-order valence-electron chi connectivity index (χ2n) is 3.30. The first kappa shape index (κ1) is 6.59. The van der Waals surface area contributed by atoms with Crippen molar-refractivity contribution in [2.24, 2.45) is 14.5 Å². The van der Waals surface area contributed by atoms with Gasteiger partial charge in [-0.3, -0.25) is 0 Å². The third-order valence-electron chi connectivity index (χ3n) is 2.73. The van der Waals surface area contributed by atoms with Crippen LogP contribution >= 0.6 is 22.9 Å². The van der Waals surface area contributed by atoms with Gasteiger partial charge in [0.25, 0.3) is 0 Å². The van der Waals surface area contributed by atoms with Crippen molar-refractivity contribution in [3.8, 4) is 6.07 Å². The van der Waals surface area contributed by atoms with Gasteiger partial charge in [0, 0.05) is 5.41 Å². The van der Waals surface area contributed by atoms with Crippen molar-refractivity contribution >= 4 is 28.6 Å². The molecule has 52 valence electrons. The van der Waals surface area contributed by atoms with Crippen molar-refractivity contribution in [1.29, 1.82) is 5.26 Å². The van der Waals surface area contributed by atoms with Crippen molar-refractivity contribution < 1.29 is 0 Å². The quantitative estimate of drug-likeness (QED) is 0.515. The summed E-state index contributed by atoms with van der Waals surface area (Å²) in [5.74, 6) is 0.932. The molecule has 0 atom stereocenters. The highest BCUT2D eigenvalue weighted by atomic mass is 127. The molecule has 0 aromatic carbocycles. The van der Waals surface area contributed by atoms with E-state index >= 15 is 0 Å². The van der Waals surface area contributed by atoms with Gasteiger partial charge in [0.15, 0.2) is 0 Å². The van der Waals surface area contributed by atoms with Gasteiger partial charge in [-0.25, -0.2) is 3.21 Å². The van der Waals surface area contributed by atoms with E-state index < -0.39 is 0 Å². The summed E-state index contributed by atoms with van der Waals surface area (Å²) in [5.41, 5.74) is 1.04. The molecule has 0 amide bonds. The number of nitrogens with zero attached hydrogens (tertiary/aromatic N) is 2. The molecule has 10 heavy (non-hydrogen) atoms. The van der Waals surface area contributed by atoms with Crippen LogP contribution in [0.25, 0.3) is 0 Å². The van der Waals surface area contributed by atoms with Crippen LogP contribution in [0.15, 0.2) is 3.21 Å². The van der Waals surface area contributed by atoms with Crippen molar-refractivity contribution in [1.82, 2.24) is 0 Å². The van der Waals surface area contributed by atoms with Crippen LogP contribution in [0.4, 0.5) is 0 Å². The molecule has 3 fully saturated rings. The second-order valence-corrected chi connectivity index (χ2v) is 3.79. The monoisotopic (exact) mass is 246 g/mol. The lowest BCUT2D eigenvalue weighted by atomic mass is 9.43. The van der Waals surface area contributed by atoms with Crippen LogP contribution in [-0.2, 0) is 0 Å². The van der Waals surface area contributed by atoms with Gasteiger partial charge in [-0.2, -0.15) is 5.26 Å². The maximum absolute atomic E-state index is 8.67. The Morgan fingerprint density at radius 3 is 2.30 bits per heavy atom. The highest BCUT2D eigenvalue weighted by molar-refractivity contribution is 14.1. The Morgan fingerprint density at radius 1 is 1.60 bits per heavy atom. The van der Waals surface area contributed by atoms with Crippen LogP contribution in [0.1, 0.15) is 19.3 Å². The highest BCUT2D eigenvalue weighted by Crippen LogP contribution is 2.65. The molecule has 2 nitrogen and oxygen atoms in total. The van der Waals surface area contributed by atoms with E-state index in [-0.39, 0.29) is 5.41 Å². The fourth-order valence-electron chi connectivity index (χ4n) is 2.00. The zero-order valence-electron chi connectivity index (χ0n) is 5.47. The fourth-order valence-corrected chi connectivity index (χ4v) is 2.62. The molecule has 3 aliphatic rings. The Bertz CT molecular complexity index is 221. The smallest absolute Gasteiger partial charge is 0.130 e. The van der Waals surface area contributed by atoms with E-state index in [0.29, 0.717) is 0 Å². The van der Waals surface area contributed by atoms with E-state index in [9.17, 15) is 0 Å². The van der Waals surface area contributed by atoms with E-state index in [0.717, 1.165) is 11.6 Å². The van der Waals surface area contributed by atoms with Crippen molar-refractivity contribution in [3.63, 3.8) is 0 Å². The standard InChI is InChI=1S/C7H7IN2/c8-10-6(4-9)7-1-5(2-7)3-7/h5H,1-3H2. The molecule has 0 spiro atoms. The maximum atomic E-state index is 8.67. The molecule has 2 bridgehead atoms. The van der Waals surface area contributed by atoms with E-state index in [1.165, 1.54) is 19.3 Å². The van der Waals surface area contributed by atoms with Crippen LogP contribution in [0, 0.1) is 22.7 Å². The Kier molecular flexibility index (Phi) is 1.28. The first-order chi connectivity index (χ1) is 4.80. The van der Waals surface area contributed by atoms with E-state index in [2.05, 4.69) is 9.28 Å². The Morgan fingerprint density at radius 2 is 2.20 bits per heavy atom. The van der Waals surface area contributed by atoms with Gasteiger partial charge in [-0.05, 0) is 25.2 Å². The fraction of sp³-hybridized carbons (Fsp3) is 0.714. The first-order valence-electron chi connectivity index (χ1n) is 3.40. The van der Waals surface area contributed by atoms with Crippen molar-refractivity contribution in [3.05, 3.63) is 0 Å². The van der Waals surface area contributed by atoms with Crippen LogP contribution in [0.3, 0.4) is 0 Å². The molecule has 0 aromatic rings. The molecule has 3 aliphatic carbocycles. The summed E-state index contributed by atoms with van der Waals surface area (Å²) in [4.78, 5) is 0. The number of nitriles is 1. The van der Waals surface area contributed by atoms with E-state index in [4.69, 9.17) is 5.26 Å². The lowest BCUT2D eigenvalue weighted by Crippen LogP contribution is -2.56. The minimum absolute atomic E-state index is 0.264. The number of hydrogen-bond donors (Lipinski definition) is 0. The van der Waals surface area contributed by atoms with Gasteiger partial charge < -0.3 is 0 Å². The summed E-state index contributed by atoms with van der Waals surface area (Å²) < 4.78 is 3.96. The number of halogens is 1. The normalized spacial score (nSPS) is 43.2. The summed E-state index contributed by atoms with van der Waals surface area (Å²) in [5, 5.41) is 8.67. The van der Waals surface area contributed by atoms with Gasteiger partial charge in [-0.1, -0.05) is 0 Å². The molecule has 0 saturated heterocycles. The number of rotatable bonds is 1. The molecule has 0 aliphatic heterocycles. The maximum Gasteiger partial charge on any atom is 0.130 e. The topological polar surface area (TPSA) is 36.1 Å². The highest BCUT2D eigenvalue weighted by Gasteiger charge is 2.59. The Hall–Kier alpha value is -0.110. The van der Waals surface area contributed by atoms with Gasteiger partial charge in [-0.15, -0.1) is 0 Å². The zero-order chi connectivity index (χ0) is 7.19. The predicted octanol–water partition coefficient (Wildman–Crippen LogP) is 2.10. The molecule has 0 aromatic heterocycles. The Labute approximate surface area is 73.8 Å². The van der Waals surface area contributed by atoms with Crippen LogP contribution < -0.4 is 0 Å². The lowest BCUT2D eigenvalue weighted by molar-refractivity contribution is -0.0388. The molecule has 0 heterocycles. The predicted molar refractivity (Wildman–Crippen MR) is 46.8 cm³/mol. The third-order valence-corrected chi connectivity index (χ3v) is 3.21. The molecule has 3 heteroatoms. The molecular formula is C7H7IN2. The first-order valence-corrected chi connectivity index (χ1v) is 4.37. The lowest BCUT2D eigenvalue weighted by Gasteiger charge is -2.60. The zero-order valence-corrected chi connectivity index (χ0v) is 7.63. The van der Waals surface area contributed by atoms with Crippen molar-refractivity contribution in [2.45, 2.75) is 19.3 Å². The minimum atomic E-state index is 0.264. The average Bonchev–Trinajstić information content (AvgIpc) is 1.74. The van der Waals surface area contributed by atoms with Gasteiger partial charge in [0.2, 0.25) is 0 Å². The summed E-state index contributed by atoms with van der Waals surface area (Å²) in [6.45, 7) is 0. The average molecular weight is 246 g/mol. The molecule has 0 radical (unpaired) electrons. The third kappa shape index (κ3) is 0.605. The molecule has 3 rings (SSSR count). The SMILES string of the molecule is N#CC(=NI)C12CC(C1)C2. The number of hydrogen-bond acceptors (Lipinski definition) is 2. The van der Waals surface area contributed by atoms with E-state index in [1.54, 1.807) is 0 Å². The van der Waals surface area contributed by atoms with Crippen LogP contribution in [0.2, 0.25) is 0 Å². The van der Waals surface area contributed by atoms with Gasteiger partial charge in [0.1, 0.15) is 11.8 Å². The van der Waals surface area contributed by atoms with Gasteiger partial charge in [0.05, 0.1) is 22.9 Å². The molecular weight excluding hydrogens is 239 g/mol. The minimum Gasteiger partial charge on any atom is -0.208 e. The summed E-state index contributed by atoms with van der Waals surface area (Å²) in [7, 11) is 0. The molecule has 0 N–H and O–H groups in total. The summed E-state index contributed by atoms with van der Waals surface area (Å²) in [6, 6.07) is 2.17. The molecule has 0 unspecified atom stereocenters. The largest absolute Gasteiger partial charge is 0.208 e. The van der Waals surface area contributed by atoms with Gasteiger partial charge >= 0.3 is 0 Å². The van der Waals surface area contributed by atoms with Crippen LogP contribution in [0.5, 0.6) is 0 Å². The van der Waals surface area contributed by atoms with Crippen molar-refractivity contribution in [2.75, 3.05) is 0 Å². The second kappa shape index (κ2) is 1.94. The Balaban J connectivity index is 2.19. The molecule has 3 saturated carbocycles. The summed E-state index contributed by atoms with van der Waals surface area (Å²) in [6.07, 6.45) is 3.67. The van der Waals surface area contributed by atoms with E-state index in [1.807, 2.05) is 22.9 Å². The van der Waals surface area contributed by atoms with Crippen LogP contribution in [-0.4, -0.2) is 5.71 Å². The summed E-state index contributed by atoms with van der Waals surface area (Å²) >= 11 is 1.92.